The fourth-order valence-corrected chi connectivity index (χ4v) is 5.30. The van der Waals surface area contributed by atoms with Crippen LogP contribution in [0.5, 0.6) is 0 Å². The molecule has 0 spiro atoms. The second-order valence-corrected chi connectivity index (χ2v) is 13.2. The van der Waals surface area contributed by atoms with Gasteiger partial charge in [0, 0.05) is 12.2 Å². The Morgan fingerprint density at radius 1 is 0.955 bits per heavy atom. The standard InChI is InChI=1S/C37H55N3O4/c1-10-12-13-14-15-16-23-40(35(42)31(24-26(3)4)38-36(43)44-37(7,8)9)33(30-22-18-21-29(11-2)25-30)34(41)39-32-27(5)19-17-20-28(32)6/h11,17-22,25-26,31,33H,2,10,12-16,23-24H2,1,3-9H3,(H,38,43)(H,39,41). The zero-order valence-corrected chi connectivity index (χ0v) is 28.3. The first-order chi connectivity index (χ1) is 20.8. The quantitative estimate of drug-likeness (QED) is 0.187. The maximum atomic E-state index is 14.6. The van der Waals surface area contributed by atoms with E-state index in [9.17, 15) is 14.4 Å². The number of benzene rings is 2. The maximum absolute atomic E-state index is 14.6. The zero-order valence-electron chi connectivity index (χ0n) is 28.3. The third-order valence-electron chi connectivity index (χ3n) is 7.48. The van der Waals surface area contributed by atoms with E-state index in [1.165, 1.54) is 6.42 Å². The third kappa shape index (κ3) is 11.8. The van der Waals surface area contributed by atoms with Crippen LogP contribution in [0.4, 0.5) is 10.5 Å². The van der Waals surface area contributed by atoms with E-state index >= 15 is 0 Å². The van der Waals surface area contributed by atoms with Crippen LogP contribution in [0.25, 0.3) is 6.08 Å². The van der Waals surface area contributed by atoms with Crippen LogP contribution in [0.2, 0.25) is 0 Å². The molecule has 0 aliphatic heterocycles. The van der Waals surface area contributed by atoms with Gasteiger partial charge in [0.15, 0.2) is 0 Å². The monoisotopic (exact) mass is 605 g/mol. The van der Waals surface area contributed by atoms with Gasteiger partial charge in [-0.25, -0.2) is 4.79 Å². The van der Waals surface area contributed by atoms with E-state index in [-0.39, 0.29) is 17.7 Å². The Hall–Kier alpha value is -3.61. The van der Waals surface area contributed by atoms with Gasteiger partial charge >= 0.3 is 6.09 Å². The number of nitrogens with zero attached hydrogens (tertiary/aromatic N) is 1. The first-order valence-electron chi connectivity index (χ1n) is 16.2. The summed E-state index contributed by atoms with van der Waals surface area (Å²) in [7, 11) is 0. The summed E-state index contributed by atoms with van der Waals surface area (Å²) >= 11 is 0. The number of hydrogen-bond acceptors (Lipinski definition) is 4. The van der Waals surface area contributed by atoms with E-state index in [0.29, 0.717) is 18.5 Å². The van der Waals surface area contributed by atoms with Gasteiger partial charge in [0.1, 0.15) is 17.7 Å². The Labute approximate surface area is 265 Å². The van der Waals surface area contributed by atoms with Crippen molar-refractivity contribution in [2.45, 2.75) is 118 Å². The number of carbonyl (C=O) groups is 3. The highest BCUT2D eigenvalue weighted by atomic mass is 16.6. The van der Waals surface area contributed by atoms with Gasteiger partial charge in [-0.2, -0.15) is 0 Å². The molecule has 2 rings (SSSR count). The van der Waals surface area contributed by atoms with Gasteiger partial charge in [0.2, 0.25) is 5.91 Å². The predicted octanol–water partition coefficient (Wildman–Crippen LogP) is 8.75. The molecule has 0 radical (unpaired) electrons. The molecule has 2 N–H and O–H groups in total. The van der Waals surface area contributed by atoms with Gasteiger partial charge in [-0.1, -0.05) is 102 Å². The van der Waals surface area contributed by atoms with Gasteiger partial charge in [-0.3, -0.25) is 9.59 Å². The molecule has 0 aliphatic carbocycles. The molecule has 0 aliphatic rings. The Kier molecular flexibility index (Phi) is 14.7. The number of carbonyl (C=O) groups excluding carboxylic acids is 3. The summed E-state index contributed by atoms with van der Waals surface area (Å²) in [6, 6.07) is 11.7. The number of unbranched alkanes of at least 4 members (excludes halogenated alkanes) is 5. The Bertz CT molecular complexity index is 1230. The van der Waals surface area contributed by atoms with Crippen LogP contribution in [-0.4, -0.2) is 41.0 Å². The SMILES string of the molecule is C=Cc1cccc(C(C(=O)Nc2c(C)cccc2C)N(CCCCCCCC)C(=O)C(CC(C)C)NC(=O)OC(C)(C)C)c1. The number of aryl methyl sites for hydroxylation is 2. The minimum absolute atomic E-state index is 0.112. The van der Waals surface area contributed by atoms with E-state index < -0.39 is 23.8 Å². The number of nitrogens with one attached hydrogen (secondary N) is 2. The first-order valence-corrected chi connectivity index (χ1v) is 16.2. The molecule has 0 aromatic heterocycles. The summed E-state index contributed by atoms with van der Waals surface area (Å²) in [5.41, 5.74) is 3.44. The van der Waals surface area contributed by atoms with E-state index in [4.69, 9.17) is 4.74 Å². The summed E-state index contributed by atoms with van der Waals surface area (Å²) in [5.74, 6) is -0.493. The minimum atomic E-state index is -0.924. The highest BCUT2D eigenvalue weighted by Crippen LogP contribution is 2.29. The Morgan fingerprint density at radius 2 is 1.57 bits per heavy atom. The summed E-state index contributed by atoms with van der Waals surface area (Å²) < 4.78 is 5.53. The first kappa shape index (κ1) is 36.6. The van der Waals surface area contributed by atoms with Crippen LogP contribution >= 0.6 is 0 Å². The van der Waals surface area contributed by atoms with Crippen LogP contribution in [0.3, 0.4) is 0 Å². The Morgan fingerprint density at radius 3 is 2.16 bits per heavy atom. The molecule has 2 aromatic carbocycles. The summed E-state index contributed by atoms with van der Waals surface area (Å²) in [4.78, 5) is 43.5. The van der Waals surface area contributed by atoms with Gasteiger partial charge in [0.05, 0.1) is 0 Å². The van der Waals surface area contributed by atoms with Crippen molar-refractivity contribution in [3.63, 3.8) is 0 Å². The van der Waals surface area contributed by atoms with Crippen molar-refractivity contribution in [3.05, 3.63) is 71.3 Å². The number of hydrogen-bond donors (Lipinski definition) is 2. The highest BCUT2D eigenvalue weighted by Gasteiger charge is 2.36. The maximum Gasteiger partial charge on any atom is 0.408 e. The molecule has 242 valence electrons. The van der Waals surface area contributed by atoms with Crippen LogP contribution in [0, 0.1) is 19.8 Å². The summed E-state index contributed by atoms with van der Waals surface area (Å²) in [6.07, 6.45) is 7.69. The average molecular weight is 606 g/mol. The lowest BCUT2D eigenvalue weighted by atomic mass is 9.97. The van der Waals surface area contributed by atoms with Gasteiger partial charge in [-0.15, -0.1) is 0 Å². The van der Waals surface area contributed by atoms with Crippen molar-refractivity contribution in [1.82, 2.24) is 10.2 Å². The van der Waals surface area contributed by atoms with E-state index in [2.05, 4.69) is 24.1 Å². The number of amides is 3. The smallest absolute Gasteiger partial charge is 0.408 e. The fourth-order valence-electron chi connectivity index (χ4n) is 5.30. The molecule has 3 amide bonds. The van der Waals surface area contributed by atoms with Crippen LogP contribution in [-0.2, 0) is 14.3 Å². The van der Waals surface area contributed by atoms with Crippen molar-refractivity contribution in [1.29, 1.82) is 0 Å². The second-order valence-electron chi connectivity index (χ2n) is 13.2. The van der Waals surface area contributed by atoms with Gasteiger partial charge in [-0.05, 0) is 81.7 Å². The third-order valence-corrected chi connectivity index (χ3v) is 7.48. The molecular formula is C37H55N3O4. The lowest BCUT2D eigenvalue weighted by Gasteiger charge is -2.35. The summed E-state index contributed by atoms with van der Waals surface area (Å²) in [6.45, 7) is 19.8. The minimum Gasteiger partial charge on any atom is -0.444 e. The molecule has 7 nitrogen and oxygen atoms in total. The van der Waals surface area contributed by atoms with Crippen molar-refractivity contribution >= 4 is 29.7 Å². The largest absolute Gasteiger partial charge is 0.444 e. The number of anilines is 1. The Balaban J connectivity index is 2.60. The molecule has 44 heavy (non-hydrogen) atoms. The number of para-hydroxylation sites is 1. The molecule has 0 saturated carbocycles. The van der Waals surface area contributed by atoms with Gasteiger partial charge in [0.25, 0.3) is 5.91 Å². The second kappa shape index (κ2) is 17.6. The molecule has 7 heteroatoms. The van der Waals surface area contributed by atoms with E-state index in [0.717, 1.165) is 54.5 Å². The topological polar surface area (TPSA) is 87.7 Å². The number of alkyl carbamates (subject to hydrolysis) is 1. The predicted molar refractivity (Wildman–Crippen MR) is 182 cm³/mol. The molecule has 2 unspecified atom stereocenters. The van der Waals surface area contributed by atoms with Crippen molar-refractivity contribution < 1.29 is 19.1 Å². The molecule has 0 bridgehead atoms. The van der Waals surface area contributed by atoms with E-state index in [1.807, 2.05) is 70.2 Å². The summed E-state index contributed by atoms with van der Waals surface area (Å²) in [5, 5.41) is 5.99. The molecule has 2 aromatic rings. The number of ether oxygens (including phenoxy) is 1. The highest BCUT2D eigenvalue weighted by molar-refractivity contribution is 6.00. The van der Waals surface area contributed by atoms with Crippen molar-refractivity contribution in [2.24, 2.45) is 5.92 Å². The zero-order chi connectivity index (χ0) is 32.9. The molecule has 0 fully saturated rings. The number of rotatable bonds is 16. The van der Waals surface area contributed by atoms with Crippen molar-refractivity contribution in [2.75, 3.05) is 11.9 Å². The average Bonchev–Trinajstić information content (AvgIpc) is 2.94. The van der Waals surface area contributed by atoms with Crippen LogP contribution < -0.4 is 10.6 Å². The lowest BCUT2D eigenvalue weighted by molar-refractivity contribution is -0.141. The van der Waals surface area contributed by atoms with Crippen molar-refractivity contribution in [3.8, 4) is 0 Å². The molecular weight excluding hydrogens is 550 g/mol. The fraction of sp³-hybridized carbons (Fsp3) is 0.541. The molecule has 2 atom stereocenters. The molecule has 0 saturated heterocycles. The van der Waals surface area contributed by atoms with E-state index in [1.54, 1.807) is 31.7 Å². The lowest BCUT2D eigenvalue weighted by Crippen LogP contribution is -2.53. The molecule has 0 heterocycles. The van der Waals surface area contributed by atoms with Crippen LogP contribution in [0.15, 0.2) is 49.0 Å². The normalized spacial score (nSPS) is 12.8. The van der Waals surface area contributed by atoms with Crippen LogP contribution in [0.1, 0.15) is 115 Å². The van der Waals surface area contributed by atoms with Gasteiger partial charge < -0.3 is 20.3 Å².